The maximum atomic E-state index is 14.2. The molecule has 1 aromatic carbocycles. The van der Waals surface area contributed by atoms with Gasteiger partial charge in [-0.3, -0.25) is 24.3 Å². The molecule has 0 bridgehead atoms. The molecule has 1 aromatic heterocycles. The van der Waals surface area contributed by atoms with Crippen molar-refractivity contribution < 1.29 is 14.1 Å². The SMILES string of the molecule is CC(C)(C)Cc1cc(F)cc(C(C(N)=O)n2cccc([N+](=O)[O-])c2=O)c1N. The normalized spacial score (nSPS) is 12.6. The Balaban J connectivity index is 2.73. The fourth-order valence-electron chi connectivity index (χ4n) is 2.92. The minimum atomic E-state index is -1.48. The minimum Gasteiger partial charge on any atom is -0.398 e. The first-order valence-electron chi connectivity index (χ1n) is 8.15. The van der Waals surface area contributed by atoms with Crippen LogP contribution < -0.4 is 17.0 Å². The first-order chi connectivity index (χ1) is 12.4. The van der Waals surface area contributed by atoms with Gasteiger partial charge in [0.25, 0.3) is 0 Å². The summed E-state index contributed by atoms with van der Waals surface area (Å²) in [4.78, 5) is 34.7. The monoisotopic (exact) mass is 376 g/mol. The number of aromatic nitrogens is 1. The second-order valence-electron chi connectivity index (χ2n) is 7.47. The van der Waals surface area contributed by atoms with E-state index < -0.39 is 33.9 Å². The third-order valence-electron chi connectivity index (χ3n) is 3.98. The zero-order valence-corrected chi connectivity index (χ0v) is 15.2. The largest absolute Gasteiger partial charge is 0.398 e. The number of carbonyl (C=O) groups excluding carboxylic acids is 1. The second-order valence-corrected chi connectivity index (χ2v) is 7.47. The number of primary amides is 1. The quantitative estimate of drug-likeness (QED) is 0.468. The summed E-state index contributed by atoms with van der Waals surface area (Å²) in [6, 6.07) is 3.05. The van der Waals surface area contributed by atoms with Crippen molar-refractivity contribution in [3.8, 4) is 0 Å². The molecule has 8 nitrogen and oxygen atoms in total. The van der Waals surface area contributed by atoms with Crippen LogP contribution in [0.3, 0.4) is 0 Å². The van der Waals surface area contributed by atoms with E-state index in [4.69, 9.17) is 11.5 Å². The number of nitrogens with two attached hydrogens (primary N) is 2. The maximum Gasteiger partial charge on any atom is 0.334 e. The number of rotatable bonds is 5. The van der Waals surface area contributed by atoms with E-state index in [1.807, 2.05) is 20.8 Å². The Morgan fingerprint density at radius 3 is 2.52 bits per heavy atom. The third kappa shape index (κ3) is 4.30. The standard InChI is InChI=1S/C18H21FN4O4/c1-18(2,3)9-10-7-11(19)8-12(14(10)20)15(16(21)24)22-6-4-5-13(17(22)25)23(26)27/h4-8,15H,9,20H2,1-3H3,(H2,21,24). The van der Waals surface area contributed by atoms with Crippen LogP contribution in [0, 0.1) is 21.3 Å². The molecule has 0 radical (unpaired) electrons. The van der Waals surface area contributed by atoms with Crippen molar-refractivity contribution >= 4 is 17.3 Å². The number of pyridine rings is 1. The van der Waals surface area contributed by atoms with Crippen LogP contribution in [0.25, 0.3) is 0 Å². The number of hydrogen-bond donors (Lipinski definition) is 2. The second kappa shape index (κ2) is 7.18. The number of carbonyl (C=O) groups is 1. The highest BCUT2D eigenvalue weighted by Crippen LogP contribution is 2.32. The topological polar surface area (TPSA) is 134 Å². The Bertz CT molecular complexity index is 963. The van der Waals surface area contributed by atoms with E-state index in [1.54, 1.807) is 0 Å². The lowest BCUT2D eigenvalue weighted by atomic mass is 9.86. The molecule has 2 rings (SSSR count). The molecule has 0 spiro atoms. The van der Waals surface area contributed by atoms with Crippen LogP contribution in [0.4, 0.5) is 15.8 Å². The maximum absolute atomic E-state index is 14.2. The molecule has 0 saturated carbocycles. The average molecular weight is 376 g/mol. The van der Waals surface area contributed by atoms with Gasteiger partial charge in [0.05, 0.1) is 4.92 Å². The Labute approximate surface area is 154 Å². The van der Waals surface area contributed by atoms with Gasteiger partial charge in [-0.25, -0.2) is 4.39 Å². The molecule has 1 atom stereocenters. The van der Waals surface area contributed by atoms with Gasteiger partial charge in [-0.05, 0) is 35.6 Å². The summed E-state index contributed by atoms with van der Waals surface area (Å²) in [6.45, 7) is 5.81. The molecule has 4 N–H and O–H groups in total. The fraction of sp³-hybridized carbons (Fsp3) is 0.333. The molecule has 27 heavy (non-hydrogen) atoms. The summed E-state index contributed by atoms with van der Waals surface area (Å²) in [6.07, 6.45) is 1.59. The van der Waals surface area contributed by atoms with E-state index >= 15 is 0 Å². The molecule has 0 aliphatic heterocycles. The van der Waals surface area contributed by atoms with Crippen LogP contribution in [0.15, 0.2) is 35.3 Å². The lowest BCUT2D eigenvalue weighted by Crippen LogP contribution is -2.35. The van der Waals surface area contributed by atoms with E-state index in [2.05, 4.69) is 0 Å². The molecule has 1 amide bonds. The number of nitrogen functional groups attached to an aromatic ring is 1. The molecule has 9 heteroatoms. The molecule has 0 saturated heterocycles. The summed E-state index contributed by atoms with van der Waals surface area (Å²) in [5.41, 5.74) is 10.2. The predicted octanol–water partition coefficient (Wildman–Crippen LogP) is 2.14. The Hall–Kier alpha value is -3.23. The number of benzene rings is 1. The van der Waals surface area contributed by atoms with Crippen molar-refractivity contribution in [2.75, 3.05) is 5.73 Å². The zero-order valence-electron chi connectivity index (χ0n) is 15.2. The third-order valence-corrected chi connectivity index (χ3v) is 3.98. The Morgan fingerprint density at radius 2 is 2.00 bits per heavy atom. The van der Waals surface area contributed by atoms with Crippen molar-refractivity contribution in [3.05, 3.63) is 67.9 Å². The van der Waals surface area contributed by atoms with Crippen LogP contribution in [0.1, 0.15) is 37.9 Å². The highest BCUT2D eigenvalue weighted by Gasteiger charge is 2.28. The molecular formula is C18H21FN4O4. The first kappa shape index (κ1) is 20.1. The van der Waals surface area contributed by atoms with E-state index in [9.17, 15) is 24.1 Å². The number of hydrogen-bond acceptors (Lipinski definition) is 5. The summed E-state index contributed by atoms with van der Waals surface area (Å²) in [5, 5.41) is 11.0. The van der Waals surface area contributed by atoms with Gasteiger partial charge in [-0.2, -0.15) is 0 Å². The molecule has 0 aliphatic carbocycles. The van der Waals surface area contributed by atoms with Crippen LogP contribution in [-0.4, -0.2) is 15.4 Å². The van der Waals surface area contributed by atoms with Gasteiger partial charge in [-0.15, -0.1) is 0 Å². The number of amides is 1. The summed E-state index contributed by atoms with van der Waals surface area (Å²) >= 11 is 0. The van der Waals surface area contributed by atoms with Crippen LogP contribution in [0.5, 0.6) is 0 Å². The van der Waals surface area contributed by atoms with Gasteiger partial charge in [0, 0.05) is 23.5 Å². The van der Waals surface area contributed by atoms with Crippen molar-refractivity contribution in [2.24, 2.45) is 11.1 Å². The molecule has 0 aliphatic rings. The predicted molar refractivity (Wildman–Crippen MR) is 98.7 cm³/mol. The molecular weight excluding hydrogens is 355 g/mol. The minimum absolute atomic E-state index is 0.00986. The van der Waals surface area contributed by atoms with E-state index in [-0.39, 0.29) is 16.7 Å². The van der Waals surface area contributed by atoms with Crippen molar-refractivity contribution in [1.29, 1.82) is 0 Å². The van der Waals surface area contributed by atoms with Gasteiger partial charge in [0.2, 0.25) is 5.91 Å². The van der Waals surface area contributed by atoms with Crippen LogP contribution in [-0.2, 0) is 11.2 Å². The smallest absolute Gasteiger partial charge is 0.334 e. The summed E-state index contributed by atoms with van der Waals surface area (Å²) in [7, 11) is 0. The van der Waals surface area contributed by atoms with Gasteiger partial charge in [-0.1, -0.05) is 20.8 Å². The van der Waals surface area contributed by atoms with Gasteiger partial charge < -0.3 is 11.5 Å². The van der Waals surface area contributed by atoms with Gasteiger partial charge >= 0.3 is 11.2 Å². The first-order valence-corrected chi connectivity index (χ1v) is 8.15. The Kier molecular flexibility index (Phi) is 5.34. The van der Waals surface area contributed by atoms with E-state index in [0.29, 0.717) is 12.0 Å². The van der Waals surface area contributed by atoms with Crippen molar-refractivity contribution in [1.82, 2.24) is 4.57 Å². The number of nitro groups is 1. The van der Waals surface area contributed by atoms with Crippen LogP contribution >= 0.6 is 0 Å². The number of anilines is 1. The number of halogens is 1. The van der Waals surface area contributed by atoms with Crippen molar-refractivity contribution in [3.63, 3.8) is 0 Å². The van der Waals surface area contributed by atoms with Crippen molar-refractivity contribution in [2.45, 2.75) is 33.2 Å². The van der Waals surface area contributed by atoms with E-state index in [1.165, 1.54) is 18.3 Å². The van der Waals surface area contributed by atoms with Gasteiger partial charge in [0.15, 0.2) is 0 Å². The van der Waals surface area contributed by atoms with Gasteiger partial charge in [0.1, 0.15) is 11.9 Å². The summed E-state index contributed by atoms with van der Waals surface area (Å²) < 4.78 is 15.0. The fourth-order valence-corrected chi connectivity index (χ4v) is 2.92. The molecule has 2 aromatic rings. The molecule has 1 heterocycles. The lowest BCUT2D eigenvalue weighted by molar-refractivity contribution is -0.386. The molecule has 144 valence electrons. The van der Waals surface area contributed by atoms with Crippen LogP contribution in [0.2, 0.25) is 0 Å². The van der Waals surface area contributed by atoms with E-state index in [0.717, 1.165) is 16.7 Å². The highest BCUT2D eigenvalue weighted by atomic mass is 19.1. The lowest BCUT2D eigenvalue weighted by Gasteiger charge is -2.23. The average Bonchev–Trinajstić information content (AvgIpc) is 2.51. The molecule has 1 unspecified atom stereocenters. The Morgan fingerprint density at radius 1 is 1.37 bits per heavy atom. The highest BCUT2D eigenvalue weighted by molar-refractivity contribution is 5.84. The zero-order chi connectivity index (χ0) is 20.5. The number of nitrogens with zero attached hydrogens (tertiary/aromatic N) is 2. The molecule has 0 fully saturated rings. The summed E-state index contributed by atoms with van der Waals surface area (Å²) in [5.74, 6) is -1.64.